The van der Waals surface area contributed by atoms with E-state index in [2.05, 4.69) is 150 Å². The van der Waals surface area contributed by atoms with E-state index in [1.54, 1.807) is 0 Å². The smallest absolute Gasteiger partial charge is 0.244 e. The number of aromatic nitrogens is 1. The third kappa shape index (κ3) is 3.00. The van der Waals surface area contributed by atoms with E-state index in [4.69, 9.17) is 4.74 Å². The molecule has 0 bridgehead atoms. The van der Waals surface area contributed by atoms with Crippen molar-refractivity contribution >= 4 is 61.2 Å². The molecule has 11 rings (SSSR count). The molecule has 4 heterocycles. The summed E-state index contributed by atoms with van der Waals surface area (Å²) in [4.78, 5) is 0. The molecule has 2 aliphatic rings. The van der Waals surface area contributed by atoms with Crippen molar-refractivity contribution in [2.24, 2.45) is 0 Å². The Bertz CT molecular complexity index is 2700. The summed E-state index contributed by atoms with van der Waals surface area (Å²) < 4.78 is 9.16. The molecule has 0 spiro atoms. The maximum atomic E-state index is 6.73. The van der Waals surface area contributed by atoms with Crippen LogP contribution in [0.4, 0.5) is 0 Å². The largest absolute Gasteiger partial charge is 0.457 e. The second-order valence-corrected chi connectivity index (χ2v) is 12.4. The van der Waals surface area contributed by atoms with Crippen molar-refractivity contribution in [3.05, 3.63) is 146 Å². The zero-order valence-electron chi connectivity index (χ0n) is 24.3. The van der Waals surface area contributed by atoms with E-state index < -0.39 is 0 Å². The molecule has 9 aromatic rings. The minimum Gasteiger partial charge on any atom is -0.457 e. The second-order valence-electron chi connectivity index (χ2n) is 12.4. The predicted octanol–water partition coefficient (Wildman–Crippen LogP) is 8.77. The van der Waals surface area contributed by atoms with Gasteiger partial charge in [-0.2, -0.15) is 0 Å². The molecule has 206 valence electrons. The summed E-state index contributed by atoms with van der Waals surface area (Å²) in [5, 5.41) is 5.16. The van der Waals surface area contributed by atoms with Crippen LogP contribution in [0.5, 0.6) is 11.5 Å². The van der Waals surface area contributed by atoms with Gasteiger partial charge in [-0.3, -0.25) is 0 Å². The van der Waals surface area contributed by atoms with Gasteiger partial charge in [0.05, 0.1) is 16.6 Å². The van der Waals surface area contributed by atoms with Crippen LogP contribution in [0.3, 0.4) is 0 Å². The Morgan fingerprint density at radius 1 is 0.444 bits per heavy atom. The van der Waals surface area contributed by atoms with Crippen molar-refractivity contribution in [1.29, 1.82) is 0 Å². The van der Waals surface area contributed by atoms with Crippen LogP contribution in [-0.4, -0.2) is 11.1 Å². The van der Waals surface area contributed by atoms with Gasteiger partial charge in [-0.1, -0.05) is 126 Å². The van der Waals surface area contributed by atoms with Gasteiger partial charge in [0.1, 0.15) is 11.5 Å². The van der Waals surface area contributed by atoms with Gasteiger partial charge >= 0.3 is 0 Å². The molecule has 0 fully saturated rings. The van der Waals surface area contributed by atoms with Crippen LogP contribution < -0.4 is 21.1 Å². The summed E-state index contributed by atoms with van der Waals surface area (Å²) in [6, 6.07) is 52.9. The second kappa shape index (κ2) is 8.43. The lowest BCUT2D eigenvalue weighted by atomic mass is 9.41. The molecule has 0 saturated heterocycles. The van der Waals surface area contributed by atoms with Crippen LogP contribution in [-0.2, 0) is 0 Å². The maximum Gasteiger partial charge on any atom is 0.244 e. The Balaban J connectivity index is 1.03. The fourth-order valence-corrected chi connectivity index (χ4v) is 8.42. The summed E-state index contributed by atoms with van der Waals surface area (Å²) >= 11 is 0. The first-order chi connectivity index (χ1) is 22.3. The van der Waals surface area contributed by atoms with Crippen LogP contribution >= 0.6 is 0 Å². The number of para-hydroxylation sites is 3. The van der Waals surface area contributed by atoms with E-state index in [1.165, 1.54) is 76.7 Å². The summed E-state index contributed by atoms with van der Waals surface area (Å²) in [5.74, 6) is 1.72. The first-order valence-electron chi connectivity index (χ1n) is 15.6. The molecule has 0 atom stereocenters. The molecule has 0 radical (unpaired) electrons. The molecule has 0 unspecified atom stereocenters. The van der Waals surface area contributed by atoms with Crippen molar-refractivity contribution in [1.82, 2.24) is 4.40 Å². The minimum absolute atomic E-state index is 0.303. The average molecular weight is 569 g/mol. The lowest BCUT2D eigenvalue weighted by molar-refractivity contribution is 0.485. The molecular weight excluding hydrogens is 545 g/mol. The van der Waals surface area contributed by atoms with Crippen LogP contribution in [0.15, 0.2) is 146 Å². The lowest BCUT2D eigenvalue weighted by Crippen LogP contribution is -2.45. The van der Waals surface area contributed by atoms with Gasteiger partial charge in [0.25, 0.3) is 0 Å². The highest BCUT2D eigenvalue weighted by atomic mass is 16.5. The third-order valence-electron chi connectivity index (χ3n) is 10.2. The Morgan fingerprint density at radius 3 is 2.04 bits per heavy atom. The highest BCUT2D eigenvalue weighted by molar-refractivity contribution is 7.02. The van der Waals surface area contributed by atoms with Crippen LogP contribution in [0.25, 0.3) is 71.5 Å². The normalized spacial score (nSPS) is 12.8. The van der Waals surface area contributed by atoms with Gasteiger partial charge in [0.2, 0.25) is 6.71 Å². The van der Waals surface area contributed by atoms with Crippen molar-refractivity contribution in [3.63, 3.8) is 0 Å². The molecule has 2 nitrogen and oxygen atoms in total. The highest BCUT2D eigenvalue weighted by Gasteiger charge is 2.41. The number of benzene rings is 7. The summed E-state index contributed by atoms with van der Waals surface area (Å²) in [6.07, 6.45) is 0. The highest BCUT2D eigenvalue weighted by Crippen LogP contribution is 2.42. The van der Waals surface area contributed by atoms with Crippen molar-refractivity contribution in [2.75, 3.05) is 0 Å². The molecule has 2 aromatic heterocycles. The van der Waals surface area contributed by atoms with Crippen LogP contribution in [0.1, 0.15) is 0 Å². The first-order valence-corrected chi connectivity index (χ1v) is 15.6. The van der Waals surface area contributed by atoms with Crippen molar-refractivity contribution < 1.29 is 4.74 Å². The standard InChI is InChI=1S/C42H24BNO/c1-4-16-36-28(10-1)30-12-7-13-31-34-24-26(20-21-37(34)43(36)41(30)31)45-40-18-6-3-9-27(40)25-19-22-39-35(23-25)33-15-8-14-32-29-11-2-5-17-38(29)44(39)42(32)33/h1-24H. The van der Waals surface area contributed by atoms with Gasteiger partial charge in [-0.25, -0.2) is 0 Å². The molecule has 0 saturated carbocycles. The Kier molecular flexibility index (Phi) is 4.43. The molecule has 45 heavy (non-hydrogen) atoms. The molecule has 2 aliphatic heterocycles. The fourth-order valence-electron chi connectivity index (χ4n) is 8.42. The predicted molar refractivity (Wildman–Crippen MR) is 189 cm³/mol. The van der Waals surface area contributed by atoms with Crippen LogP contribution in [0, 0.1) is 0 Å². The van der Waals surface area contributed by atoms with E-state index in [0.29, 0.717) is 6.71 Å². The zero-order chi connectivity index (χ0) is 29.2. The van der Waals surface area contributed by atoms with E-state index in [1.807, 2.05) is 0 Å². The number of hydrogen-bond acceptors (Lipinski definition) is 1. The number of rotatable bonds is 3. The molecule has 3 heteroatoms. The Labute approximate surface area is 260 Å². The number of fused-ring (bicyclic) bond motifs is 12. The number of ether oxygens (including phenoxy) is 1. The Morgan fingerprint density at radius 2 is 1.11 bits per heavy atom. The summed E-state index contributed by atoms with van der Waals surface area (Å²) in [7, 11) is 0. The van der Waals surface area contributed by atoms with Crippen molar-refractivity contribution in [3.8, 4) is 44.9 Å². The molecule has 0 aliphatic carbocycles. The molecule has 7 aromatic carbocycles. The molecular formula is C42H24BNO. The lowest BCUT2D eigenvalue weighted by Gasteiger charge is -2.14. The third-order valence-corrected chi connectivity index (χ3v) is 10.2. The SMILES string of the molecule is c1ccc(-c2ccc3c(c2)c2cccc4c5ccccc5n3c42)c(Oc2ccc3c(c2)-c2cccc4c2B3c2ccccc2-4)c1. The average Bonchev–Trinajstić information content (AvgIpc) is 3.82. The van der Waals surface area contributed by atoms with Gasteiger partial charge in [-0.05, 0) is 64.2 Å². The van der Waals surface area contributed by atoms with Crippen LogP contribution in [0.2, 0.25) is 0 Å². The van der Waals surface area contributed by atoms with Gasteiger partial charge < -0.3 is 9.14 Å². The number of hydrogen-bond donors (Lipinski definition) is 0. The van der Waals surface area contributed by atoms with Crippen molar-refractivity contribution in [2.45, 2.75) is 0 Å². The molecule has 0 N–H and O–H groups in total. The molecule has 0 amide bonds. The van der Waals surface area contributed by atoms with E-state index in [0.717, 1.165) is 22.6 Å². The minimum atomic E-state index is 0.303. The maximum absolute atomic E-state index is 6.73. The van der Waals surface area contributed by atoms with E-state index in [-0.39, 0.29) is 0 Å². The number of nitrogens with zero attached hydrogens (tertiary/aromatic N) is 1. The first kappa shape index (κ1) is 23.6. The zero-order valence-corrected chi connectivity index (χ0v) is 24.3. The fraction of sp³-hybridized carbons (Fsp3) is 0. The summed E-state index contributed by atoms with van der Waals surface area (Å²) in [6.45, 7) is 0.303. The van der Waals surface area contributed by atoms with E-state index in [9.17, 15) is 0 Å². The van der Waals surface area contributed by atoms with E-state index >= 15 is 0 Å². The quantitative estimate of drug-likeness (QED) is 0.194. The summed E-state index contributed by atoms with van der Waals surface area (Å²) in [5.41, 5.74) is 15.6. The Hall–Kier alpha value is -5.80. The van der Waals surface area contributed by atoms with Gasteiger partial charge in [-0.15, -0.1) is 0 Å². The monoisotopic (exact) mass is 569 g/mol. The van der Waals surface area contributed by atoms with Gasteiger partial charge in [0.15, 0.2) is 0 Å². The topological polar surface area (TPSA) is 13.6 Å². The van der Waals surface area contributed by atoms with Gasteiger partial charge in [0, 0.05) is 27.1 Å².